The highest BCUT2D eigenvalue weighted by Crippen LogP contribution is 2.08. The van der Waals surface area contributed by atoms with Gasteiger partial charge in [0.15, 0.2) is 0 Å². The molecule has 0 saturated carbocycles. The predicted molar refractivity (Wildman–Crippen MR) is 50.9 cm³/mol. The number of hydrogen-bond acceptors (Lipinski definition) is 2. The number of para-hydroxylation sites is 2. The van der Waals surface area contributed by atoms with Gasteiger partial charge in [-0.25, -0.2) is 14.8 Å². The highest BCUT2D eigenvalue weighted by atomic mass is 16.5. The summed E-state index contributed by atoms with van der Waals surface area (Å²) in [5.74, 6) is 0.512. The second-order valence-corrected chi connectivity index (χ2v) is 2.79. The Labute approximate surface area is 80.1 Å². The third-order valence-electron chi connectivity index (χ3n) is 1.86. The van der Waals surface area contributed by atoms with E-state index >= 15 is 0 Å². The topological polar surface area (TPSA) is 68.3 Å². The summed E-state index contributed by atoms with van der Waals surface area (Å²) in [5, 5.41) is 2.51. The first kappa shape index (κ1) is 8.55. The van der Waals surface area contributed by atoms with E-state index in [-0.39, 0.29) is 0 Å². The molecule has 0 spiro atoms. The Bertz CT molecular complexity index is 431. The number of rotatable bonds is 1. The largest absolute Gasteiger partial charge is 0.476 e. The lowest BCUT2D eigenvalue weighted by atomic mass is 10.3. The number of carbonyl (C=O) groups is 1. The van der Waals surface area contributed by atoms with Crippen LogP contribution in [0.2, 0.25) is 0 Å². The summed E-state index contributed by atoms with van der Waals surface area (Å²) in [6.07, 6.45) is -0.507. The molecule has 0 atom stereocenters. The summed E-state index contributed by atoms with van der Waals surface area (Å²) in [6.45, 7) is 0. The number of aromatic nitrogens is 2. The van der Waals surface area contributed by atoms with Crippen molar-refractivity contribution < 1.29 is 14.5 Å². The predicted octanol–water partition coefficient (Wildman–Crippen LogP) is 1.16. The second-order valence-electron chi connectivity index (χ2n) is 2.79. The normalized spacial score (nSPS) is 10.1. The molecule has 0 aliphatic rings. The van der Waals surface area contributed by atoms with Crippen LogP contribution in [0.25, 0.3) is 11.0 Å². The van der Waals surface area contributed by atoms with Crippen molar-refractivity contribution in [2.24, 2.45) is 0 Å². The van der Waals surface area contributed by atoms with Crippen molar-refractivity contribution in [2.75, 3.05) is 12.4 Å². The van der Waals surface area contributed by atoms with E-state index in [9.17, 15) is 4.79 Å². The van der Waals surface area contributed by atoms with Crippen molar-refractivity contribution in [3.05, 3.63) is 24.3 Å². The average molecular weight is 192 g/mol. The SMILES string of the molecule is COC(=O)Nc1[nH]c2ccccc2[nH+]1. The van der Waals surface area contributed by atoms with Crippen LogP contribution < -0.4 is 10.3 Å². The molecule has 5 heteroatoms. The Morgan fingerprint density at radius 1 is 1.50 bits per heavy atom. The van der Waals surface area contributed by atoms with Crippen molar-refractivity contribution in [3.8, 4) is 0 Å². The molecule has 0 radical (unpaired) electrons. The number of amides is 1. The van der Waals surface area contributed by atoms with E-state index in [2.05, 4.69) is 20.0 Å². The Hall–Kier alpha value is -2.04. The highest BCUT2D eigenvalue weighted by Gasteiger charge is 2.12. The number of methoxy groups -OCH3 is 1. The van der Waals surface area contributed by atoms with E-state index in [1.165, 1.54) is 7.11 Å². The van der Waals surface area contributed by atoms with Crippen LogP contribution in [0, 0.1) is 0 Å². The number of anilines is 1. The van der Waals surface area contributed by atoms with E-state index in [1.54, 1.807) is 0 Å². The van der Waals surface area contributed by atoms with Gasteiger partial charge in [0.25, 0.3) is 0 Å². The first-order chi connectivity index (χ1) is 6.79. The molecule has 3 N–H and O–H groups in total. The molecule has 1 amide bonds. The molecule has 2 aromatic rings. The van der Waals surface area contributed by atoms with Crippen LogP contribution in [-0.2, 0) is 4.74 Å². The number of benzene rings is 1. The Morgan fingerprint density at radius 2 is 2.29 bits per heavy atom. The van der Waals surface area contributed by atoms with Crippen LogP contribution in [0.5, 0.6) is 0 Å². The lowest BCUT2D eigenvalue weighted by Gasteiger charge is -1.90. The van der Waals surface area contributed by atoms with Gasteiger partial charge in [-0.15, -0.1) is 0 Å². The number of aromatic amines is 2. The Balaban J connectivity index is 2.31. The van der Waals surface area contributed by atoms with Crippen LogP contribution in [0.3, 0.4) is 0 Å². The number of ether oxygens (including phenoxy) is 1. The number of H-pyrrole nitrogens is 2. The minimum atomic E-state index is -0.507. The molecule has 5 nitrogen and oxygen atoms in total. The van der Waals surface area contributed by atoms with Gasteiger partial charge < -0.3 is 4.74 Å². The quantitative estimate of drug-likeness (QED) is 0.711. The standard InChI is InChI=1S/C9H9N3O2/c1-14-9(13)12-8-10-6-4-2-3-5-7(6)11-8/h2-5H,1H3,(H2,10,11,12,13)/p+1. The molecule has 2 rings (SSSR count). The molecule has 14 heavy (non-hydrogen) atoms. The molecule has 1 aromatic heterocycles. The van der Waals surface area contributed by atoms with Crippen LogP contribution in [0.15, 0.2) is 24.3 Å². The molecule has 0 unspecified atom stereocenters. The maximum atomic E-state index is 10.9. The van der Waals surface area contributed by atoms with Crippen molar-refractivity contribution >= 4 is 23.1 Å². The summed E-state index contributed by atoms with van der Waals surface area (Å²) < 4.78 is 4.46. The zero-order valence-electron chi connectivity index (χ0n) is 7.63. The van der Waals surface area contributed by atoms with E-state index in [0.29, 0.717) is 5.95 Å². The van der Waals surface area contributed by atoms with Crippen molar-refractivity contribution in [2.45, 2.75) is 0 Å². The Morgan fingerprint density at radius 3 is 3.00 bits per heavy atom. The molecule has 1 heterocycles. The minimum absolute atomic E-state index is 0.507. The van der Waals surface area contributed by atoms with Crippen LogP contribution in [-0.4, -0.2) is 18.2 Å². The average Bonchev–Trinajstić information content (AvgIpc) is 2.59. The molecule has 1 aromatic carbocycles. The second kappa shape index (κ2) is 3.37. The zero-order chi connectivity index (χ0) is 9.97. The number of hydrogen-bond donors (Lipinski definition) is 2. The molecule has 0 aliphatic heterocycles. The summed E-state index contributed by atoms with van der Waals surface area (Å²) in [4.78, 5) is 16.9. The fourth-order valence-electron chi connectivity index (χ4n) is 1.22. The summed E-state index contributed by atoms with van der Waals surface area (Å²) in [5.41, 5.74) is 1.86. The molecular formula is C9H10N3O2+. The lowest BCUT2D eigenvalue weighted by molar-refractivity contribution is -0.326. The number of fused-ring (bicyclic) bond motifs is 1. The minimum Gasteiger partial charge on any atom is -0.441 e. The van der Waals surface area contributed by atoms with E-state index in [1.807, 2.05) is 24.3 Å². The first-order valence-electron chi connectivity index (χ1n) is 4.14. The summed E-state index contributed by atoms with van der Waals surface area (Å²) >= 11 is 0. The highest BCUT2D eigenvalue weighted by molar-refractivity contribution is 5.83. The zero-order valence-corrected chi connectivity index (χ0v) is 7.63. The smallest absolute Gasteiger partial charge is 0.441 e. The molecule has 0 aliphatic carbocycles. The van der Waals surface area contributed by atoms with E-state index < -0.39 is 6.09 Å². The fourth-order valence-corrected chi connectivity index (χ4v) is 1.22. The van der Waals surface area contributed by atoms with Gasteiger partial charge in [0.05, 0.1) is 7.11 Å². The van der Waals surface area contributed by atoms with Crippen molar-refractivity contribution in [1.29, 1.82) is 0 Å². The van der Waals surface area contributed by atoms with E-state index in [4.69, 9.17) is 0 Å². The van der Waals surface area contributed by atoms with Crippen molar-refractivity contribution in [1.82, 2.24) is 4.98 Å². The molecule has 0 bridgehead atoms. The van der Waals surface area contributed by atoms with Gasteiger partial charge in [0, 0.05) is 0 Å². The van der Waals surface area contributed by atoms with Gasteiger partial charge >= 0.3 is 12.0 Å². The number of imidazole rings is 1. The van der Waals surface area contributed by atoms with Crippen molar-refractivity contribution in [3.63, 3.8) is 0 Å². The van der Waals surface area contributed by atoms with Gasteiger partial charge in [0.2, 0.25) is 0 Å². The maximum absolute atomic E-state index is 10.9. The van der Waals surface area contributed by atoms with Gasteiger partial charge in [-0.05, 0) is 12.1 Å². The number of carbonyl (C=O) groups excluding carboxylic acids is 1. The monoisotopic (exact) mass is 192 g/mol. The third kappa shape index (κ3) is 1.52. The van der Waals surface area contributed by atoms with Gasteiger partial charge in [0.1, 0.15) is 11.0 Å². The summed E-state index contributed by atoms with van der Waals surface area (Å²) in [6, 6.07) is 7.64. The van der Waals surface area contributed by atoms with Gasteiger partial charge in [-0.3, -0.25) is 0 Å². The lowest BCUT2D eigenvalue weighted by Crippen LogP contribution is -2.17. The van der Waals surface area contributed by atoms with Crippen LogP contribution >= 0.6 is 0 Å². The van der Waals surface area contributed by atoms with E-state index in [0.717, 1.165) is 11.0 Å². The fraction of sp³-hybridized carbons (Fsp3) is 0.111. The first-order valence-corrected chi connectivity index (χ1v) is 4.14. The summed E-state index contributed by atoms with van der Waals surface area (Å²) in [7, 11) is 1.32. The number of nitrogens with one attached hydrogen (secondary N) is 3. The molecule has 0 saturated heterocycles. The van der Waals surface area contributed by atoms with Gasteiger partial charge in [-0.1, -0.05) is 12.1 Å². The van der Waals surface area contributed by atoms with Crippen LogP contribution in [0.4, 0.5) is 10.7 Å². The molecule has 72 valence electrons. The molecule has 0 fully saturated rings. The third-order valence-corrected chi connectivity index (χ3v) is 1.86. The van der Waals surface area contributed by atoms with Gasteiger partial charge in [-0.2, -0.15) is 5.32 Å². The molecular weight excluding hydrogens is 182 g/mol. The maximum Gasteiger partial charge on any atom is 0.476 e. The Kier molecular flexibility index (Phi) is 2.06. The van der Waals surface area contributed by atoms with Crippen LogP contribution in [0.1, 0.15) is 0 Å².